The summed E-state index contributed by atoms with van der Waals surface area (Å²) in [6.45, 7) is 1.03. The number of amides is 2. The van der Waals surface area contributed by atoms with E-state index in [0.717, 1.165) is 18.4 Å². The minimum absolute atomic E-state index is 0.202. The maximum atomic E-state index is 12.9. The summed E-state index contributed by atoms with van der Waals surface area (Å²) in [5.74, 6) is -1.03. The molecule has 0 aromatic heterocycles. The normalized spacial score (nSPS) is 14.8. The predicted molar refractivity (Wildman–Crippen MR) is 112 cm³/mol. The van der Waals surface area contributed by atoms with Crippen LogP contribution in [0, 0.1) is 0 Å². The second-order valence-electron chi connectivity index (χ2n) is 7.18. The predicted octanol–water partition coefficient (Wildman–Crippen LogP) is 4.29. The molecule has 0 heterocycles. The Kier molecular flexibility index (Phi) is 6.54. The van der Waals surface area contributed by atoms with E-state index in [-0.39, 0.29) is 18.5 Å². The lowest BCUT2D eigenvalue weighted by atomic mass is 9.79. The number of hydrogen-bond donors (Lipinski definition) is 2. The fourth-order valence-electron chi connectivity index (χ4n) is 3.70. The summed E-state index contributed by atoms with van der Waals surface area (Å²) in [6.07, 6.45) is 3.24. The van der Waals surface area contributed by atoms with Crippen molar-refractivity contribution < 1.29 is 19.1 Å². The molecular formula is C22H23ClN2O4. The Morgan fingerprint density at radius 2 is 1.62 bits per heavy atom. The summed E-state index contributed by atoms with van der Waals surface area (Å²) in [7, 11) is 0. The number of carbonyl (C=O) groups excluding carboxylic acids is 3. The van der Waals surface area contributed by atoms with E-state index < -0.39 is 11.3 Å². The van der Waals surface area contributed by atoms with Gasteiger partial charge < -0.3 is 15.4 Å². The van der Waals surface area contributed by atoms with Crippen LogP contribution in [0.5, 0.6) is 0 Å². The van der Waals surface area contributed by atoms with Gasteiger partial charge in [0, 0.05) is 23.3 Å². The third kappa shape index (κ3) is 5.15. The Bertz CT molecular complexity index is 905. The Morgan fingerprint density at radius 3 is 2.24 bits per heavy atom. The smallest absolute Gasteiger partial charge is 0.317 e. The minimum Gasteiger partial charge on any atom is -0.455 e. The summed E-state index contributed by atoms with van der Waals surface area (Å²) in [4.78, 5) is 36.3. The molecule has 0 atom stereocenters. The van der Waals surface area contributed by atoms with Crippen molar-refractivity contribution >= 4 is 40.8 Å². The average molecular weight is 415 g/mol. The Balaban J connectivity index is 1.62. The van der Waals surface area contributed by atoms with E-state index in [1.807, 2.05) is 12.1 Å². The first-order valence-corrected chi connectivity index (χ1v) is 9.88. The van der Waals surface area contributed by atoms with Crippen LogP contribution < -0.4 is 10.6 Å². The third-order valence-corrected chi connectivity index (χ3v) is 5.30. The SMILES string of the molecule is CC(=O)Nc1cccc(NC(=O)COC(=O)C2(c3ccc(Cl)cc3)CCCC2)c1. The van der Waals surface area contributed by atoms with Crippen molar-refractivity contribution in [2.45, 2.75) is 38.0 Å². The van der Waals surface area contributed by atoms with Crippen molar-refractivity contribution in [1.82, 2.24) is 0 Å². The van der Waals surface area contributed by atoms with Gasteiger partial charge in [0.25, 0.3) is 5.91 Å². The van der Waals surface area contributed by atoms with E-state index in [2.05, 4.69) is 10.6 Å². The van der Waals surface area contributed by atoms with Crippen LogP contribution in [-0.4, -0.2) is 24.4 Å². The highest BCUT2D eigenvalue weighted by Crippen LogP contribution is 2.42. The Hall–Kier alpha value is -2.86. The molecule has 1 aliphatic carbocycles. The lowest BCUT2D eigenvalue weighted by Crippen LogP contribution is -2.36. The van der Waals surface area contributed by atoms with Crippen LogP contribution >= 0.6 is 11.6 Å². The van der Waals surface area contributed by atoms with Gasteiger partial charge in [0.1, 0.15) is 0 Å². The Morgan fingerprint density at radius 1 is 1.00 bits per heavy atom. The van der Waals surface area contributed by atoms with Crippen molar-refractivity contribution in [1.29, 1.82) is 0 Å². The highest BCUT2D eigenvalue weighted by molar-refractivity contribution is 6.30. The number of rotatable bonds is 6. The van der Waals surface area contributed by atoms with Gasteiger partial charge in [-0.3, -0.25) is 14.4 Å². The zero-order chi connectivity index (χ0) is 20.9. The monoisotopic (exact) mass is 414 g/mol. The molecular weight excluding hydrogens is 392 g/mol. The van der Waals surface area contributed by atoms with Crippen molar-refractivity contribution in [2.75, 3.05) is 17.2 Å². The quantitative estimate of drug-likeness (QED) is 0.690. The molecule has 7 heteroatoms. The topological polar surface area (TPSA) is 84.5 Å². The van der Waals surface area contributed by atoms with Crippen LogP contribution in [0.3, 0.4) is 0 Å². The molecule has 0 spiro atoms. The van der Waals surface area contributed by atoms with E-state index in [0.29, 0.717) is 29.2 Å². The highest BCUT2D eigenvalue weighted by atomic mass is 35.5. The summed E-state index contributed by atoms with van der Waals surface area (Å²) < 4.78 is 5.39. The van der Waals surface area contributed by atoms with Crippen LogP contribution in [0.2, 0.25) is 5.02 Å². The molecule has 0 saturated heterocycles. The maximum Gasteiger partial charge on any atom is 0.317 e. The molecule has 3 rings (SSSR count). The second-order valence-corrected chi connectivity index (χ2v) is 7.62. The molecule has 152 valence electrons. The Labute approximate surface area is 174 Å². The van der Waals surface area contributed by atoms with Crippen molar-refractivity contribution in [3.05, 3.63) is 59.1 Å². The summed E-state index contributed by atoms with van der Waals surface area (Å²) in [5.41, 5.74) is 1.22. The standard InChI is InChI=1S/C22H23ClN2O4/c1-15(26)24-18-5-4-6-19(13-18)25-20(27)14-29-21(28)22(11-2-3-12-22)16-7-9-17(23)10-8-16/h4-10,13H,2-3,11-12,14H2,1H3,(H,24,26)(H,25,27). The number of nitrogens with one attached hydrogen (secondary N) is 2. The first-order valence-electron chi connectivity index (χ1n) is 9.50. The molecule has 2 N–H and O–H groups in total. The van der Waals surface area contributed by atoms with Gasteiger partial charge in [0.15, 0.2) is 6.61 Å². The second kappa shape index (κ2) is 9.09. The minimum atomic E-state index is -0.726. The van der Waals surface area contributed by atoms with Gasteiger partial charge in [0.2, 0.25) is 5.91 Å². The highest BCUT2D eigenvalue weighted by Gasteiger charge is 2.44. The summed E-state index contributed by atoms with van der Waals surface area (Å²) >= 11 is 5.97. The lowest BCUT2D eigenvalue weighted by molar-refractivity contribution is -0.153. The van der Waals surface area contributed by atoms with Gasteiger partial charge in [-0.2, -0.15) is 0 Å². The van der Waals surface area contributed by atoms with Crippen LogP contribution in [0.25, 0.3) is 0 Å². The van der Waals surface area contributed by atoms with Gasteiger partial charge in [-0.1, -0.05) is 42.6 Å². The molecule has 1 fully saturated rings. The van der Waals surface area contributed by atoms with Gasteiger partial charge in [-0.25, -0.2) is 0 Å². The molecule has 2 amide bonds. The van der Waals surface area contributed by atoms with Gasteiger partial charge >= 0.3 is 5.97 Å². The largest absolute Gasteiger partial charge is 0.455 e. The number of esters is 1. The number of halogens is 1. The first kappa shape index (κ1) is 20.9. The van der Waals surface area contributed by atoms with Crippen molar-refractivity contribution in [3.8, 4) is 0 Å². The van der Waals surface area contributed by atoms with Crippen LogP contribution in [0.1, 0.15) is 38.2 Å². The number of carbonyl (C=O) groups is 3. The zero-order valence-electron chi connectivity index (χ0n) is 16.2. The number of anilines is 2. The maximum absolute atomic E-state index is 12.9. The van der Waals surface area contributed by atoms with Crippen LogP contribution in [0.4, 0.5) is 11.4 Å². The van der Waals surface area contributed by atoms with E-state index >= 15 is 0 Å². The van der Waals surface area contributed by atoms with Crippen molar-refractivity contribution in [3.63, 3.8) is 0 Å². The lowest BCUT2D eigenvalue weighted by Gasteiger charge is -2.27. The number of benzene rings is 2. The van der Waals surface area contributed by atoms with Crippen LogP contribution in [0.15, 0.2) is 48.5 Å². The number of hydrogen-bond acceptors (Lipinski definition) is 4. The molecule has 0 bridgehead atoms. The van der Waals surface area contributed by atoms with Gasteiger partial charge in [-0.05, 0) is 48.7 Å². The van der Waals surface area contributed by atoms with Crippen molar-refractivity contribution in [2.24, 2.45) is 0 Å². The van der Waals surface area contributed by atoms with Gasteiger partial charge in [-0.15, -0.1) is 0 Å². The third-order valence-electron chi connectivity index (χ3n) is 5.05. The number of ether oxygens (including phenoxy) is 1. The molecule has 0 aliphatic heterocycles. The molecule has 6 nitrogen and oxygen atoms in total. The molecule has 1 aliphatic rings. The molecule has 2 aromatic carbocycles. The molecule has 29 heavy (non-hydrogen) atoms. The molecule has 0 unspecified atom stereocenters. The summed E-state index contributed by atoms with van der Waals surface area (Å²) in [5, 5.41) is 5.93. The first-order chi connectivity index (χ1) is 13.9. The molecule has 1 saturated carbocycles. The van der Waals surface area contributed by atoms with E-state index in [4.69, 9.17) is 16.3 Å². The zero-order valence-corrected chi connectivity index (χ0v) is 16.9. The van der Waals surface area contributed by atoms with E-state index in [1.54, 1.807) is 36.4 Å². The average Bonchev–Trinajstić information content (AvgIpc) is 3.17. The fourth-order valence-corrected chi connectivity index (χ4v) is 3.83. The van der Waals surface area contributed by atoms with E-state index in [9.17, 15) is 14.4 Å². The van der Waals surface area contributed by atoms with Crippen LogP contribution in [-0.2, 0) is 24.5 Å². The van der Waals surface area contributed by atoms with Gasteiger partial charge in [0.05, 0.1) is 5.41 Å². The summed E-state index contributed by atoms with van der Waals surface area (Å²) in [6, 6.07) is 14.0. The molecule has 0 radical (unpaired) electrons. The van der Waals surface area contributed by atoms with E-state index in [1.165, 1.54) is 6.92 Å². The fraction of sp³-hybridized carbons (Fsp3) is 0.318. The molecule has 2 aromatic rings.